The summed E-state index contributed by atoms with van der Waals surface area (Å²) < 4.78 is 0. The van der Waals surface area contributed by atoms with Crippen molar-refractivity contribution in [1.29, 1.82) is 0 Å². The lowest BCUT2D eigenvalue weighted by molar-refractivity contribution is -0.141. The van der Waals surface area contributed by atoms with E-state index in [9.17, 15) is 9.59 Å². The molecule has 0 aromatic rings. The fraction of sp³-hybridized carbons (Fsp3) is 0.833. The van der Waals surface area contributed by atoms with Gasteiger partial charge in [-0.15, -0.1) is 0 Å². The average molecular weight is 226 g/mol. The molecule has 0 aromatic heterocycles. The van der Waals surface area contributed by atoms with Gasteiger partial charge in [-0.25, -0.2) is 0 Å². The third kappa shape index (κ3) is 2.26. The standard InChI is InChI=1S/C12H22N2O2/c1-5-13-6-7-14-10(15)8-12(4,9(2)3)11(14)16/h9,13H,5-8H2,1-4H3. The summed E-state index contributed by atoms with van der Waals surface area (Å²) in [6, 6.07) is 0. The maximum atomic E-state index is 12.2. The maximum absolute atomic E-state index is 12.2. The van der Waals surface area contributed by atoms with Crippen LogP contribution in [0.5, 0.6) is 0 Å². The van der Waals surface area contributed by atoms with E-state index in [1.165, 1.54) is 4.90 Å². The van der Waals surface area contributed by atoms with E-state index in [2.05, 4.69) is 5.32 Å². The summed E-state index contributed by atoms with van der Waals surface area (Å²) in [5.74, 6) is 0.164. The zero-order chi connectivity index (χ0) is 12.3. The Balaban J connectivity index is 2.68. The molecule has 1 heterocycles. The van der Waals surface area contributed by atoms with Crippen molar-refractivity contribution in [2.75, 3.05) is 19.6 Å². The number of carbonyl (C=O) groups is 2. The number of nitrogens with zero attached hydrogens (tertiary/aromatic N) is 1. The van der Waals surface area contributed by atoms with E-state index in [0.717, 1.165) is 6.54 Å². The van der Waals surface area contributed by atoms with Gasteiger partial charge in [-0.3, -0.25) is 14.5 Å². The Morgan fingerprint density at radius 2 is 2.06 bits per heavy atom. The Bertz CT molecular complexity index is 289. The normalized spacial score (nSPS) is 25.9. The topological polar surface area (TPSA) is 49.4 Å². The van der Waals surface area contributed by atoms with Crippen molar-refractivity contribution in [3.63, 3.8) is 0 Å². The number of carbonyl (C=O) groups excluding carboxylic acids is 2. The Morgan fingerprint density at radius 3 is 2.50 bits per heavy atom. The van der Waals surface area contributed by atoms with Crippen molar-refractivity contribution < 1.29 is 9.59 Å². The van der Waals surface area contributed by atoms with Gasteiger partial charge in [0.05, 0.1) is 5.41 Å². The van der Waals surface area contributed by atoms with E-state index < -0.39 is 5.41 Å². The van der Waals surface area contributed by atoms with Crippen LogP contribution in [0.25, 0.3) is 0 Å². The number of nitrogens with one attached hydrogen (secondary N) is 1. The van der Waals surface area contributed by atoms with Crippen LogP contribution in [-0.4, -0.2) is 36.3 Å². The summed E-state index contributed by atoms with van der Waals surface area (Å²) in [4.78, 5) is 25.3. The molecule has 0 aliphatic carbocycles. The minimum absolute atomic E-state index is 0.00889. The van der Waals surface area contributed by atoms with Crippen LogP contribution in [0.2, 0.25) is 0 Å². The first-order valence-electron chi connectivity index (χ1n) is 5.99. The van der Waals surface area contributed by atoms with Crippen LogP contribution >= 0.6 is 0 Å². The van der Waals surface area contributed by atoms with Crippen molar-refractivity contribution in [1.82, 2.24) is 10.2 Å². The number of hydrogen-bond donors (Lipinski definition) is 1. The molecule has 92 valence electrons. The summed E-state index contributed by atoms with van der Waals surface area (Å²) in [6.07, 6.45) is 0.357. The molecule has 1 N–H and O–H groups in total. The average Bonchev–Trinajstić information content (AvgIpc) is 2.43. The number of likely N-dealkylation sites (tertiary alicyclic amines) is 1. The van der Waals surface area contributed by atoms with Gasteiger partial charge in [0.15, 0.2) is 0 Å². The molecule has 4 nitrogen and oxygen atoms in total. The van der Waals surface area contributed by atoms with E-state index in [1.807, 2.05) is 27.7 Å². The van der Waals surface area contributed by atoms with Crippen molar-refractivity contribution >= 4 is 11.8 Å². The molecule has 0 saturated carbocycles. The summed E-state index contributed by atoms with van der Waals surface area (Å²) in [5.41, 5.74) is -0.497. The first kappa shape index (κ1) is 13.2. The zero-order valence-corrected chi connectivity index (χ0v) is 10.7. The molecule has 1 fully saturated rings. The third-order valence-electron chi connectivity index (χ3n) is 3.59. The first-order chi connectivity index (χ1) is 7.43. The van der Waals surface area contributed by atoms with Gasteiger partial charge in [-0.05, 0) is 19.4 Å². The fourth-order valence-corrected chi connectivity index (χ4v) is 1.95. The Labute approximate surface area is 97.4 Å². The first-order valence-corrected chi connectivity index (χ1v) is 5.99. The van der Waals surface area contributed by atoms with Crippen LogP contribution < -0.4 is 5.32 Å². The molecule has 1 aliphatic heterocycles. The second-order valence-electron chi connectivity index (χ2n) is 4.95. The van der Waals surface area contributed by atoms with Crippen LogP contribution in [0.15, 0.2) is 0 Å². The van der Waals surface area contributed by atoms with Gasteiger partial charge in [0, 0.05) is 19.5 Å². The van der Waals surface area contributed by atoms with Crippen molar-refractivity contribution in [3.8, 4) is 0 Å². The molecule has 0 aromatic carbocycles. The van der Waals surface area contributed by atoms with Crippen molar-refractivity contribution in [3.05, 3.63) is 0 Å². The second kappa shape index (κ2) is 4.95. The highest BCUT2D eigenvalue weighted by atomic mass is 16.2. The molecule has 1 atom stereocenters. The highest BCUT2D eigenvalue weighted by molar-refractivity contribution is 6.05. The number of likely N-dealkylation sites (N-methyl/N-ethyl adjacent to an activating group) is 1. The van der Waals surface area contributed by atoms with Gasteiger partial charge in [0.1, 0.15) is 0 Å². The molecule has 4 heteroatoms. The lowest BCUT2D eigenvalue weighted by Gasteiger charge is -2.26. The number of hydrogen-bond acceptors (Lipinski definition) is 3. The van der Waals surface area contributed by atoms with Crippen molar-refractivity contribution in [2.24, 2.45) is 11.3 Å². The van der Waals surface area contributed by atoms with Gasteiger partial charge in [-0.2, -0.15) is 0 Å². The Hall–Kier alpha value is -0.900. The summed E-state index contributed by atoms with van der Waals surface area (Å²) in [5, 5.41) is 3.13. The van der Waals surface area contributed by atoms with Crippen LogP contribution in [0.3, 0.4) is 0 Å². The number of rotatable bonds is 5. The predicted octanol–water partition coefficient (Wildman–Crippen LogP) is 1.02. The minimum atomic E-state index is -0.497. The van der Waals surface area contributed by atoms with E-state index in [-0.39, 0.29) is 17.7 Å². The quantitative estimate of drug-likeness (QED) is 0.562. The molecule has 1 saturated heterocycles. The fourth-order valence-electron chi connectivity index (χ4n) is 1.95. The molecule has 1 unspecified atom stereocenters. The molecule has 1 aliphatic rings. The monoisotopic (exact) mass is 226 g/mol. The Kier molecular flexibility index (Phi) is 4.08. The van der Waals surface area contributed by atoms with E-state index in [4.69, 9.17) is 0 Å². The number of imide groups is 1. The minimum Gasteiger partial charge on any atom is -0.315 e. The molecule has 2 amide bonds. The summed E-state index contributed by atoms with van der Waals surface area (Å²) in [7, 11) is 0. The lowest BCUT2D eigenvalue weighted by atomic mass is 9.78. The SMILES string of the molecule is CCNCCN1C(=O)CC(C)(C(C)C)C1=O. The zero-order valence-electron chi connectivity index (χ0n) is 10.7. The largest absolute Gasteiger partial charge is 0.315 e. The van der Waals surface area contributed by atoms with E-state index in [0.29, 0.717) is 19.5 Å². The predicted molar refractivity (Wildman–Crippen MR) is 62.8 cm³/mol. The highest BCUT2D eigenvalue weighted by Crippen LogP contribution is 2.38. The number of amides is 2. The molecule has 0 bridgehead atoms. The van der Waals surface area contributed by atoms with Crippen molar-refractivity contribution in [2.45, 2.75) is 34.1 Å². The lowest BCUT2D eigenvalue weighted by Crippen LogP contribution is -2.40. The van der Waals surface area contributed by atoms with Crippen LogP contribution in [-0.2, 0) is 9.59 Å². The molecular weight excluding hydrogens is 204 g/mol. The third-order valence-corrected chi connectivity index (χ3v) is 3.59. The molecule has 0 spiro atoms. The van der Waals surface area contributed by atoms with Crippen LogP contribution in [0.1, 0.15) is 34.1 Å². The van der Waals surface area contributed by atoms with Gasteiger partial charge in [0.2, 0.25) is 11.8 Å². The molecule has 1 rings (SSSR count). The van der Waals surface area contributed by atoms with Crippen LogP contribution in [0.4, 0.5) is 0 Å². The highest BCUT2D eigenvalue weighted by Gasteiger charge is 2.49. The van der Waals surface area contributed by atoms with E-state index >= 15 is 0 Å². The van der Waals surface area contributed by atoms with Gasteiger partial charge >= 0.3 is 0 Å². The van der Waals surface area contributed by atoms with E-state index in [1.54, 1.807) is 0 Å². The summed E-state index contributed by atoms with van der Waals surface area (Å²) in [6.45, 7) is 9.93. The van der Waals surface area contributed by atoms with Crippen LogP contribution in [0, 0.1) is 11.3 Å². The molecule has 0 radical (unpaired) electrons. The second-order valence-corrected chi connectivity index (χ2v) is 4.95. The maximum Gasteiger partial charge on any atom is 0.235 e. The smallest absolute Gasteiger partial charge is 0.235 e. The molecular formula is C12H22N2O2. The van der Waals surface area contributed by atoms with Gasteiger partial charge < -0.3 is 5.32 Å². The molecule has 16 heavy (non-hydrogen) atoms. The Morgan fingerprint density at radius 1 is 1.44 bits per heavy atom. The van der Waals surface area contributed by atoms with Gasteiger partial charge in [0.25, 0.3) is 0 Å². The summed E-state index contributed by atoms with van der Waals surface area (Å²) >= 11 is 0. The van der Waals surface area contributed by atoms with Gasteiger partial charge in [-0.1, -0.05) is 20.8 Å².